The van der Waals surface area contributed by atoms with Crippen molar-refractivity contribution in [3.05, 3.63) is 71.4 Å². The first-order chi connectivity index (χ1) is 13.7. The van der Waals surface area contributed by atoms with Crippen molar-refractivity contribution in [3.8, 4) is 11.3 Å². The predicted octanol–water partition coefficient (Wildman–Crippen LogP) is 4.97. The summed E-state index contributed by atoms with van der Waals surface area (Å²) >= 11 is 6.08. The van der Waals surface area contributed by atoms with Gasteiger partial charge in [0.25, 0.3) is 0 Å². The van der Waals surface area contributed by atoms with E-state index in [4.69, 9.17) is 16.6 Å². The summed E-state index contributed by atoms with van der Waals surface area (Å²) in [7, 11) is 0. The molecular formula is C23H20ClN3O. The average molecular weight is 390 g/mol. The van der Waals surface area contributed by atoms with Crippen LogP contribution in [-0.2, 0) is 11.2 Å². The quantitative estimate of drug-likeness (QED) is 0.496. The summed E-state index contributed by atoms with van der Waals surface area (Å²) in [6.45, 7) is 1.71. The number of benzene rings is 2. The molecule has 2 aromatic heterocycles. The first-order valence-corrected chi connectivity index (χ1v) is 10.0. The van der Waals surface area contributed by atoms with Crippen LogP contribution in [0.2, 0.25) is 5.02 Å². The highest BCUT2D eigenvalue weighted by atomic mass is 35.5. The van der Waals surface area contributed by atoms with E-state index < -0.39 is 0 Å². The summed E-state index contributed by atoms with van der Waals surface area (Å²) in [6.07, 6.45) is 2.52. The van der Waals surface area contributed by atoms with Gasteiger partial charge in [-0.25, -0.2) is 4.98 Å². The summed E-state index contributed by atoms with van der Waals surface area (Å²) in [4.78, 5) is 19.9. The van der Waals surface area contributed by atoms with Crippen LogP contribution in [0.15, 0.2) is 60.7 Å². The van der Waals surface area contributed by atoms with Crippen LogP contribution in [0, 0.1) is 0 Å². The Morgan fingerprint density at radius 2 is 1.71 bits per heavy atom. The Morgan fingerprint density at radius 3 is 2.50 bits per heavy atom. The minimum absolute atomic E-state index is 0.169. The SMILES string of the molecule is O=C(Cc1c(-c2ccc(Cl)cc2)nc2ccc3ccccc3n12)N1CCCC1. The predicted molar refractivity (Wildman–Crippen MR) is 113 cm³/mol. The molecule has 5 heteroatoms. The average Bonchev–Trinajstić information content (AvgIpc) is 3.37. The normalized spacial score (nSPS) is 14.2. The largest absolute Gasteiger partial charge is 0.342 e. The number of carbonyl (C=O) groups excluding carboxylic acids is 1. The van der Waals surface area contributed by atoms with E-state index in [1.807, 2.05) is 47.4 Å². The fraction of sp³-hybridized carbons (Fsp3) is 0.217. The summed E-state index contributed by atoms with van der Waals surface area (Å²) in [6, 6.07) is 20.0. The molecule has 140 valence electrons. The molecule has 5 rings (SSSR count). The molecule has 0 saturated carbocycles. The molecule has 4 nitrogen and oxygen atoms in total. The van der Waals surface area contributed by atoms with Crippen molar-refractivity contribution < 1.29 is 4.79 Å². The van der Waals surface area contributed by atoms with Gasteiger partial charge in [0.05, 0.1) is 23.3 Å². The van der Waals surface area contributed by atoms with E-state index in [-0.39, 0.29) is 5.91 Å². The third-order valence-corrected chi connectivity index (χ3v) is 5.74. The molecule has 0 unspecified atom stereocenters. The fourth-order valence-corrected chi connectivity index (χ4v) is 4.20. The number of hydrogen-bond donors (Lipinski definition) is 0. The third-order valence-electron chi connectivity index (χ3n) is 5.48. The molecule has 0 radical (unpaired) electrons. The second-order valence-electron chi connectivity index (χ2n) is 7.26. The summed E-state index contributed by atoms with van der Waals surface area (Å²) in [5, 5.41) is 1.82. The Balaban J connectivity index is 1.72. The van der Waals surface area contributed by atoms with Crippen LogP contribution >= 0.6 is 11.6 Å². The van der Waals surface area contributed by atoms with Gasteiger partial charge < -0.3 is 4.90 Å². The number of halogens is 1. The van der Waals surface area contributed by atoms with Crippen molar-refractivity contribution in [2.75, 3.05) is 13.1 Å². The number of rotatable bonds is 3. The highest BCUT2D eigenvalue weighted by Crippen LogP contribution is 2.29. The van der Waals surface area contributed by atoms with Gasteiger partial charge >= 0.3 is 0 Å². The van der Waals surface area contributed by atoms with Crippen LogP contribution in [0.3, 0.4) is 0 Å². The highest BCUT2D eigenvalue weighted by Gasteiger charge is 2.23. The maximum absolute atomic E-state index is 13.0. The molecule has 0 N–H and O–H groups in total. The number of fused-ring (bicyclic) bond motifs is 3. The number of aromatic nitrogens is 2. The monoisotopic (exact) mass is 389 g/mol. The number of carbonyl (C=O) groups is 1. The van der Waals surface area contributed by atoms with Gasteiger partial charge in [0.1, 0.15) is 5.65 Å². The van der Waals surface area contributed by atoms with Gasteiger partial charge in [0.15, 0.2) is 0 Å². The first-order valence-electron chi connectivity index (χ1n) is 9.63. The zero-order chi connectivity index (χ0) is 19.1. The molecular weight excluding hydrogens is 370 g/mol. The fourth-order valence-electron chi connectivity index (χ4n) is 4.07. The molecule has 3 heterocycles. The van der Waals surface area contributed by atoms with E-state index >= 15 is 0 Å². The second kappa shape index (κ2) is 6.95. The van der Waals surface area contributed by atoms with Crippen molar-refractivity contribution in [1.82, 2.24) is 14.3 Å². The topological polar surface area (TPSA) is 37.6 Å². The van der Waals surface area contributed by atoms with E-state index in [2.05, 4.69) is 22.6 Å². The molecule has 2 aromatic carbocycles. The lowest BCUT2D eigenvalue weighted by atomic mass is 10.1. The number of imidazole rings is 1. The van der Waals surface area contributed by atoms with Gasteiger partial charge in [-0.3, -0.25) is 9.20 Å². The number of para-hydroxylation sites is 1. The zero-order valence-corrected chi connectivity index (χ0v) is 16.2. The minimum atomic E-state index is 0.169. The van der Waals surface area contributed by atoms with Crippen molar-refractivity contribution >= 4 is 34.1 Å². The molecule has 0 aliphatic carbocycles. The standard InChI is InChI=1S/C23H20ClN3O/c24-18-10-7-17(8-11-18)23-20(15-22(28)26-13-3-4-14-26)27-19-6-2-1-5-16(19)9-12-21(27)25-23/h1-2,5-12H,3-4,13-15H2. The van der Waals surface area contributed by atoms with E-state index in [9.17, 15) is 4.79 Å². The van der Waals surface area contributed by atoms with E-state index in [1.54, 1.807) is 0 Å². The Kier molecular flexibility index (Phi) is 4.29. The van der Waals surface area contributed by atoms with Crippen LogP contribution in [0.25, 0.3) is 27.8 Å². The van der Waals surface area contributed by atoms with Crippen molar-refractivity contribution in [3.63, 3.8) is 0 Å². The number of amides is 1. The highest BCUT2D eigenvalue weighted by molar-refractivity contribution is 6.30. The molecule has 0 bridgehead atoms. The van der Waals surface area contributed by atoms with Crippen LogP contribution in [-0.4, -0.2) is 33.3 Å². The summed E-state index contributed by atoms with van der Waals surface area (Å²) in [5.41, 5.74) is 4.68. The maximum Gasteiger partial charge on any atom is 0.228 e. The van der Waals surface area contributed by atoms with Crippen molar-refractivity contribution in [1.29, 1.82) is 0 Å². The maximum atomic E-state index is 13.0. The van der Waals surface area contributed by atoms with Gasteiger partial charge in [-0.15, -0.1) is 0 Å². The van der Waals surface area contributed by atoms with Gasteiger partial charge in [-0.05, 0) is 48.6 Å². The molecule has 4 aromatic rings. The first kappa shape index (κ1) is 17.3. The summed E-state index contributed by atoms with van der Waals surface area (Å²) < 4.78 is 2.13. The number of hydrogen-bond acceptors (Lipinski definition) is 2. The Hall–Kier alpha value is -2.85. The second-order valence-corrected chi connectivity index (χ2v) is 7.70. The Bertz CT molecular complexity index is 1170. The minimum Gasteiger partial charge on any atom is -0.342 e. The molecule has 0 atom stereocenters. The Labute approximate surface area is 168 Å². The molecule has 1 fully saturated rings. The lowest BCUT2D eigenvalue weighted by Gasteiger charge is -2.16. The number of pyridine rings is 1. The van der Waals surface area contributed by atoms with Crippen LogP contribution < -0.4 is 0 Å². The van der Waals surface area contributed by atoms with Crippen LogP contribution in [0.5, 0.6) is 0 Å². The molecule has 28 heavy (non-hydrogen) atoms. The number of nitrogens with zero attached hydrogens (tertiary/aromatic N) is 3. The van der Waals surface area contributed by atoms with Gasteiger partial charge in [0, 0.05) is 23.7 Å². The molecule has 1 aliphatic rings. The van der Waals surface area contributed by atoms with Crippen LogP contribution in [0.4, 0.5) is 0 Å². The van der Waals surface area contributed by atoms with Gasteiger partial charge in [-0.2, -0.15) is 0 Å². The van der Waals surface area contributed by atoms with Gasteiger partial charge in [0.2, 0.25) is 5.91 Å². The molecule has 1 amide bonds. The lowest BCUT2D eigenvalue weighted by Crippen LogP contribution is -2.29. The van der Waals surface area contributed by atoms with Crippen molar-refractivity contribution in [2.24, 2.45) is 0 Å². The van der Waals surface area contributed by atoms with E-state index in [0.717, 1.165) is 59.4 Å². The van der Waals surface area contributed by atoms with Crippen molar-refractivity contribution in [2.45, 2.75) is 19.3 Å². The lowest BCUT2D eigenvalue weighted by molar-refractivity contribution is -0.129. The zero-order valence-electron chi connectivity index (χ0n) is 15.4. The van der Waals surface area contributed by atoms with Gasteiger partial charge in [-0.1, -0.05) is 41.9 Å². The summed E-state index contributed by atoms with van der Waals surface area (Å²) in [5.74, 6) is 0.169. The smallest absolute Gasteiger partial charge is 0.228 e. The van der Waals surface area contributed by atoms with Crippen LogP contribution in [0.1, 0.15) is 18.5 Å². The van der Waals surface area contributed by atoms with E-state index in [0.29, 0.717) is 11.4 Å². The Morgan fingerprint density at radius 1 is 0.964 bits per heavy atom. The van der Waals surface area contributed by atoms with E-state index in [1.165, 1.54) is 0 Å². The molecule has 0 spiro atoms. The number of likely N-dealkylation sites (tertiary alicyclic amines) is 1. The molecule has 1 saturated heterocycles. The molecule has 1 aliphatic heterocycles. The third kappa shape index (κ3) is 2.94.